The van der Waals surface area contributed by atoms with Crippen LogP contribution in [0.1, 0.15) is 24.6 Å². The van der Waals surface area contributed by atoms with E-state index >= 15 is 0 Å². The third-order valence-corrected chi connectivity index (χ3v) is 3.37. The van der Waals surface area contributed by atoms with Gasteiger partial charge in [0.1, 0.15) is 5.82 Å². The second-order valence-electron chi connectivity index (χ2n) is 4.60. The minimum Gasteiger partial charge on any atom is -0.316 e. The second-order valence-corrected chi connectivity index (χ2v) is 4.60. The van der Waals surface area contributed by atoms with Gasteiger partial charge in [0.2, 0.25) is 0 Å². The molecular weight excluding hydrogens is 228 g/mol. The molecule has 0 radical (unpaired) electrons. The Labute approximate surface area is 105 Å². The van der Waals surface area contributed by atoms with Crippen molar-refractivity contribution in [3.05, 3.63) is 46.6 Å². The molecule has 1 saturated heterocycles. The first-order valence-electron chi connectivity index (χ1n) is 6.30. The van der Waals surface area contributed by atoms with Crippen LogP contribution in [0.5, 0.6) is 0 Å². The van der Waals surface area contributed by atoms with Crippen LogP contribution < -0.4 is 11.0 Å². The molecule has 1 aromatic carbocycles. The van der Waals surface area contributed by atoms with Crippen LogP contribution in [0.25, 0.3) is 5.69 Å². The number of aromatic nitrogens is 3. The van der Waals surface area contributed by atoms with Crippen LogP contribution >= 0.6 is 0 Å². The fraction of sp³-hybridized carbons (Fsp3) is 0.385. The van der Waals surface area contributed by atoms with Crippen molar-refractivity contribution < 1.29 is 0 Å². The van der Waals surface area contributed by atoms with Gasteiger partial charge in [0.25, 0.3) is 0 Å². The summed E-state index contributed by atoms with van der Waals surface area (Å²) < 4.78 is 1.68. The third kappa shape index (κ3) is 1.97. The van der Waals surface area contributed by atoms with Crippen molar-refractivity contribution in [1.82, 2.24) is 20.1 Å². The van der Waals surface area contributed by atoms with E-state index < -0.39 is 0 Å². The smallest absolute Gasteiger partial charge is 0.316 e. The van der Waals surface area contributed by atoms with E-state index in [9.17, 15) is 4.79 Å². The number of hydrogen-bond donors (Lipinski definition) is 2. The molecule has 94 valence electrons. The van der Waals surface area contributed by atoms with Crippen molar-refractivity contribution >= 4 is 0 Å². The molecule has 0 amide bonds. The Morgan fingerprint density at radius 3 is 2.83 bits per heavy atom. The molecule has 1 aliphatic rings. The maximum absolute atomic E-state index is 11.9. The normalized spacial score (nSPS) is 19.9. The Kier molecular flexibility index (Phi) is 2.98. The van der Waals surface area contributed by atoms with Crippen LogP contribution in [-0.2, 0) is 0 Å². The average molecular weight is 244 g/mol. The summed E-state index contributed by atoms with van der Waals surface area (Å²) in [6.07, 6.45) is 2.20. The maximum atomic E-state index is 11.9. The molecule has 0 saturated carbocycles. The molecule has 0 bridgehead atoms. The summed E-state index contributed by atoms with van der Waals surface area (Å²) in [5, 5.41) is 10.1. The van der Waals surface area contributed by atoms with Gasteiger partial charge in [-0.3, -0.25) is 0 Å². The first-order valence-corrected chi connectivity index (χ1v) is 6.30. The first kappa shape index (κ1) is 11.2. The minimum absolute atomic E-state index is 0.165. The Hall–Kier alpha value is -1.88. The highest BCUT2D eigenvalue weighted by Gasteiger charge is 2.22. The van der Waals surface area contributed by atoms with Crippen LogP contribution in [0.3, 0.4) is 0 Å². The maximum Gasteiger partial charge on any atom is 0.347 e. The van der Waals surface area contributed by atoms with E-state index in [-0.39, 0.29) is 5.69 Å². The second kappa shape index (κ2) is 4.78. The van der Waals surface area contributed by atoms with E-state index in [1.54, 1.807) is 4.57 Å². The van der Waals surface area contributed by atoms with Gasteiger partial charge in [-0.15, -0.1) is 0 Å². The summed E-state index contributed by atoms with van der Waals surface area (Å²) in [6, 6.07) is 9.65. The van der Waals surface area contributed by atoms with Gasteiger partial charge in [-0.1, -0.05) is 18.2 Å². The molecule has 2 aromatic rings. The first-order chi connectivity index (χ1) is 8.86. The number of piperidine rings is 1. The van der Waals surface area contributed by atoms with Gasteiger partial charge in [-0.2, -0.15) is 5.10 Å². The molecule has 3 rings (SSSR count). The summed E-state index contributed by atoms with van der Waals surface area (Å²) >= 11 is 0. The van der Waals surface area contributed by atoms with Gasteiger partial charge in [0.05, 0.1) is 5.69 Å². The number of benzene rings is 1. The molecule has 0 unspecified atom stereocenters. The van der Waals surface area contributed by atoms with Gasteiger partial charge in [-0.05, 0) is 31.5 Å². The molecular formula is C13H16N4O. The zero-order valence-electron chi connectivity index (χ0n) is 10.1. The number of nitrogens with zero attached hydrogens (tertiary/aromatic N) is 2. The highest BCUT2D eigenvalue weighted by atomic mass is 16.1. The Balaban J connectivity index is 2.04. The summed E-state index contributed by atoms with van der Waals surface area (Å²) in [5.74, 6) is 1.14. The van der Waals surface area contributed by atoms with Crippen molar-refractivity contribution in [2.24, 2.45) is 0 Å². The Bertz CT molecular complexity index is 566. The molecule has 5 heteroatoms. The van der Waals surface area contributed by atoms with E-state index in [0.29, 0.717) is 5.92 Å². The fourth-order valence-corrected chi connectivity index (χ4v) is 2.48. The molecule has 0 spiro atoms. The van der Waals surface area contributed by atoms with Crippen molar-refractivity contribution in [2.75, 3.05) is 13.1 Å². The fourth-order valence-electron chi connectivity index (χ4n) is 2.48. The van der Waals surface area contributed by atoms with Gasteiger partial charge in [0.15, 0.2) is 0 Å². The van der Waals surface area contributed by atoms with Gasteiger partial charge in [-0.25, -0.2) is 14.5 Å². The summed E-state index contributed by atoms with van der Waals surface area (Å²) in [6.45, 7) is 1.94. The van der Waals surface area contributed by atoms with Gasteiger partial charge in [0, 0.05) is 12.5 Å². The Morgan fingerprint density at radius 1 is 1.28 bits per heavy atom. The summed E-state index contributed by atoms with van der Waals surface area (Å²) in [5.41, 5.74) is 0.707. The van der Waals surface area contributed by atoms with E-state index in [1.807, 2.05) is 30.3 Å². The molecule has 18 heavy (non-hydrogen) atoms. The standard InChI is InChI=1S/C13H16N4O/c18-13-16-15-12(10-5-4-8-14-9-10)17(13)11-6-2-1-3-7-11/h1-3,6-7,10,14H,4-5,8-9H2,(H,16,18)/t10-/m0/s1. The highest BCUT2D eigenvalue weighted by Crippen LogP contribution is 2.22. The van der Waals surface area contributed by atoms with E-state index in [4.69, 9.17) is 0 Å². The molecule has 0 aliphatic carbocycles. The number of aromatic amines is 1. The molecule has 1 aliphatic heterocycles. The topological polar surface area (TPSA) is 62.7 Å². The number of para-hydroxylation sites is 1. The largest absolute Gasteiger partial charge is 0.347 e. The van der Waals surface area contributed by atoms with E-state index in [2.05, 4.69) is 15.5 Å². The quantitative estimate of drug-likeness (QED) is 0.829. The van der Waals surface area contributed by atoms with Crippen LogP contribution in [0.2, 0.25) is 0 Å². The van der Waals surface area contributed by atoms with E-state index in [0.717, 1.165) is 37.4 Å². The summed E-state index contributed by atoms with van der Waals surface area (Å²) in [7, 11) is 0. The van der Waals surface area contributed by atoms with E-state index in [1.165, 1.54) is 0 Å². The minimum atomic E-state index is -0.165. The number of rotatable bonds is 2. The van der Waals surface area contributed by atoms with Gasteiger partial charge < -0.3 is 5.32 Å². The monoisotopic (exact) mass is 244 g/mol. The number of nitrogens with one attached hydrogen (secondary N) is 2. The highest BCUT2D eigenvalue weighted by molar-refractivity contribution is 5.32. The average Bonchev–Trinajstić information content (AvgIpc) is 2.83. The SMILES string of the molecule is O=c1[nH]nc([C@H]2CCCNC2)n1-c1ccccc1. The lowest BCUT2D eigenvalue weighted by molar-refractivity contribution is 0.442. The number of hydrogen-bond acceptors (Lipinski definition) is 3. The van der Waals surface area contributed by atoms with Crippen molar-refractivity contribution in [3.63, 3.8) is 0 Å². The van der Waals surface area contributed by atoms with Gasteiger partial charge >= 0.3 is 5.69 Å². The van der Waals surface area contributed by atoms with Crippen molar-refractivity contribution in [1.29, 1.82) is 0 Å². The zero-order valence-corrected chi connectivity index (χ0v) is 10.1. The predicted octanol–water partition coefficient (Wildman–Crippen LogP) is 1.03. The summed E-state index contributed by atoms with van der Waals surface area (Å²) in [4.78, 5) is 11.9. The molecule has 5 nitrogen and oxygen atoms in total. The molecule has 2 N–H and O–H groups in total. The zero-order chi connectivity index (χ0) is 12.4. The van der Waals surface area contributed by atoms with Crippen LogP contribution in [0.15, 0.2) is 35.1 Å². The van der Waals surface area contributed by atoms with Crippen LogP contribution in [0.4, 0.5) is 0 Å². The lowest BCUT2D eigenvalue weighted by atomic mass is 9.99. The molecule has 1 atom stereocenters. The molecule has 2 heterocycles. The van der Waals surface area contributed by atoms with Crippen molar-refractivity contribution in [3.8, 4) is 5.69 Å². The number of H-pyrrole nitrogens is 1. The lowest BCUT2D eigenvalue weighted by Crippen LogP contribution is -2.31. The Morgan fingerprint density at radius 2 is 2.11 bits per heavy atom. The van der Waals surface area contributed by atoms with Crippen molar-refractivity contribution in [2.45, 2.75) is 18.8 Å². The molecule has 1 fully saturated rings. The van der Waals surface area contributed by atoms with Crippen LogP contribution in [0, 0.1) is 0 Å². The molecule has 1 aromatic heterocycles. The third-order valence-electron chi connectivity index (χ3n) is 3.37. The lowest BCUT2D eigenvalue weighted by Gasteiger charge is -2.22. The van der Waals surface area contributed by atoms with Crippen LogP contribution in [-0.4, -0.2) is 27.9 Å². The predicted molar refractivity (Wildman–Crippen MR) is 69.0 cm³/mol.